The van der Waals surface area contributed by atoms with Crippen LogP contribution in [0.3, 0.4) is 0 Å². The quantitative estimate of drug-likeness (QED) is 0.264. The van der Waals surface area contributed by atoms with E-state index in [1.165, 1.54) is 11.8 Å². The predicted octanol–water partition coefficient (Wildman–Crippen LogP) is -0.326. The Kier molecular flexibility index (Phi) is 6.47. The van der Waals surface area contributed by atoms with Gasteiger partial charge < -0.3 is 10.4 Å². The lowest BCUT2D eigenvalue weighted by atomic mass is 10.3. The molecule has 0 saturated heterocycles. The topological polar surface area (TPSA) is 83.5 Å². The molecule has 0 aliphatic carbocycles. The Labute approximate surface area is 85.6 Å². The van der Waals surface area contributed by atoms with Crippen molar-refractivity contribution in [2.75, 3.05) is 11.5 Å². The highest BCUT2D eigenvalue weighted by molar-refractivity contribution is 7.99. The molecule has 0 aromatic rings. The summed E-state index contributed by atoms with van der Waals surface area (Å²) in [4.78, 5) is 31.1. The summed E-state index contributed by atoms with van der Waals surface area (Å²) in [6.07, 6.45) is 1.68. The van der Waals surface area contributed by atoms with Gasteiger partial charge in [-0.1, -0.05) is 6.08 Å². The number of rotatable bonds is 7. The first-order valence-electron chi connectivity index (χ1n) is 3.79. The maximum Gasteiger partial charge on any atom is 0.327 e. The highest BCUT2D eigenvalue weighted by atomic mass is 32.2. The van der Waals surface area contributed by atoms with E-state index in [0.717, 1.165) is 0 Å². The Morgan fingerprint density at radius 2 is 2.21 bits per heavy atom. The van der Waals surface area contributed by atoms with Crippen molar-refractivity contribution in [3.63, 3.8) is 0 Å². The molecule has 14 heavy (non-hydrogen) atoms. The standard InChI is InChI=1S/C8H11NO4S/c1-2-3-14-5-6(8(12)13)9-7(11)4-10/h2,4,6H,1,3,5H2,(H,9,11)(H,12,13). The zero-order valence-electron chi connectivity index (χ0n) is 7.43. The summed E-state index contributed by atoms with van der Waals surface area (Å²) >= 11 is 1.31. The fourth-order valence-electron chi connectivity index (χ4n) is 0.650. The van der Waals surface area contributed by atoms with E-state index >= 15 is 0 Å². The Balaban J connectivity index is 4.01. The monoisotopic (exact) mass is 217 g/mol. The molecule has 0 heterocycles. The molecule has 0 aliphatic heterocycles. The summed E-state index contributed by atoms with van der Waals surface area (Å²) in [7, 11) is 0. The lowest BCUT2D eigenvalue weighted by molar-refractivity contribution is -0.141. The van der Waals surface area contributed by atoms with Crippen LogP contribution in [0, 0.1) is 0 Å². The van der Waals surface area contributed by atoms with Crippen molar-refractivity contribution < 1.29 is 19.5 Å². The maximum absolute atomic E-state index is 10.6. The molecule has 78 valence electrons. The van der Waals surface area contributed by atoms with Crippen molar-refractivity contribution in [2.45, 2.75) is 6.04 Å². The molecule has 1 unspecified atom stereocenters. The first kappa shape index (κ1) is 12.7. The molecule has 0 bridgehead atoms. The largest absolute Gasteiger partial charge is 0.480 e. The lowest BCUT2D eigenvalue weighted by Crippen LogP contribution is -2.43. The molecule has 1 amide bonds. The van der Waals surface area contributed by atoms with E-state index in [4.69, 9.17) is 5.11 Å². The third-order valence-corrected chi connectivity index (χ3v) is 2.28. The lowest BCUT2D eigenvalue weighted by Gasteiger charge is -2.11. The third kappa shape index (κ3) is 5.36. The molecule has 0 aromatic heterocycles. The first-order valence-corrected chi connectivity index (χ1v) is 4.94. The number of carboxylic acid groups (broad SMARTS) is 1. The average molecular weight is 217 g/mol. The van der Waals surface area contributed by atoms with Gasteiger partial charge in [0.05, 0.1) is 0 Å². The minimum atomic E-state index is -1.16. The molecule has 0 spiro atoms. The molecule has 0 rings (SSSR count). The SMILES string of the molecule is C=CCSCC(NC(=O)C=O)C(=O)O. The number of hydrogen-bond donors (Lipinski definition) is 2. The first-order chi connectivity index (χ1) is 6.61. The second kappa shape index (κ2) is 7.14. The van der Waals surface area contributed by atoms with E-state index in [2.05, 4.69) is 11.9 Å². The normalized spacial score (nSPS) is 11.4. The van der Waals surface area contributed by atoms with Crippen LogP contribution in [0.15, 0.2) is 12.7 Å². The predicted molar refractivity (Wildman–Crippen MR) is 53.2 cm³/mol. The smallest absolute Gasteiger partial charge is 0.327 e. The summed E-state index contributed by atoms with van der Waals surface area (Å²) in [5, 5.41) is 10.7. The van der Waals surface area contributed by atoms with Crippen LogP contribution in [0.5, 0.6) is 0 Å². The minimum absolute atomic E-state index is 0.0497. The number of amides is 1. The van der Waals surface area contributed by atoms with Crippen molar-refractivity contribution in [2.24, 2.45) is 0 Å². The number of thioether (sulfide) groups is 1. The third-order valence-electron chi connectivity index (χ3n) is 1.24. The Bertz CT molecular complexity index is 241. The molecule has 0 aromatic carbocycles. The van der Waals surface area contributed by atoms with Gasteiger partial charge in [0.15, 0.2) is 0 Å². The number of aliphatic carboxylic acids is 1. The number of carbonyl (C=O) groups is 3. The Morgan fingerprint density at radius 1 is 1.57 bits per heavy atom. The zero-order chi connectivity index (χ0) is 11.0. The molecular weight excluding hydrogens is 206 g/mol. The minimum Gasteiger partial charge on any atom is -0.480 e. The number of nitrogens with one attached hydrogen (secondary N) is 1. The highest BCUT2D eigenvalue weighted by Gasteiger charge is 2.18. The average Bonchev–Trinajstić information content (AvgIpc) is 2.16. The van der Waals surface area contributed by atoms with Crippen molar-refractivity contribution in [1.82, 2.24) is 5.32 Å². The molecule has 5 nitrogen and oxygen atoms in total. The molecule has 0 radical (unpaired) electrons. The zero-order valence-corrected chi connectivity index (χ0v) is 8.25. The van der Waals surface area contributed by atoms with Gasteiger partial charge in [0.2, 0.25) is 6.29 Å². The second-order valence-corrected chi connectivity index (χ2v) is 3.42. The number of carboxylic acids is 1. The van der Waals surface area contributed by atoms with E-state index in [-0.39, 0.29) is 12.0 Å². The van der Waals surface area contributed by atoms with Crippen LogP contribution < -0.4 is 5.32 Å². The number of hydrogen-bond acceptors (Lipinski definition) is 4. The van der Waals surface area contributed by atoms with Gasteiger partial charge in [0.1, 0.15) is 6.04 Å². The summed E-state index contributed by atoms with van der Waals surface area (Å²) in [6.45, 7) is 3.47. The Morgan fingerprint density at radius 3 is 2.64 bits per heavy atom. The molecule has 0 saturated carbocycles. The molecule has 0 aliphatic rings. The van der Waals surface area contributed by atoms with Gasteiger partial charge >= 0.3 is 5.97 Å². The van der Waals surface area contributed by atoms with Crippen LogP contribution in [-0.2, 0) is 14.4 Å². The molecular formula is C8H11NO4S. The van der Waals surface area contributed by atoms with Gasteiger partial charge in [-0.3, -0.25) is 9.59 Å². The van der Waals surface area contributed by atoms with Gasteiger partial charge in [-0.15, -0.1) is 6.58 Å². The van der Waals surface area contributed by atoms with Crippen LogP contribution in [0.4, 0.5) is 0 Å². The summed E-state index contributed by atoms with van der Waals surface area (Å²) in [6, 6.07) is -1.03. The molecule has 6 heteroatoms. The van der Waals surface area contributed by atoms with Gasteiger partial charge in [-0.25, -0.2) is 4.79 Å². The fourth-order valence-corrected chi connectivity index (χ4v) is 1.41. The summed E-state index contributed by atoms with van der Waals surface area (Å²) in [5.41, 5.74) is 0. The number of aldehydes is 1. The van der Waals surface area contributed by atoms with Crippen LogP contribution in [0.2, 0.25) is 0 Å². The van der Waals surface area contributed by atoms with E-state index < -0.39 is 17.9 Å². The fraction of sp³-hybridized carbons (Fsp3) is 0.375. The van der Waals surface area contributed by atoms with Crippen LogP contribution in [0.25, 0.3) is 0 Å². The summed E-state index contributed by atoms with van der Waals surface area (Å²) in [5.74, 6) is -1.27. The van der Waals surface area contributed by atoms with E-state index in [1.807, 2.05) is 0 Å². The molecule has 2 N–H and O–H groups in total. The Hall–Kier alpha value is -1.30. The number of carbonyl (C=O) groups excluding carboxylic acids is 2. The van der Waals surface area contributed by atoms with Crippen molar-refractivity contribution in [1.29, 1.82) is 0 Å². The van der Waals surface area contributed by atoms with Crippen LogP contribution in [0.1, 0.15) is 0 Å². The van der Waals surface area contributed by atoms with Gasteiger partial charge in [0, 0.05) is 11.5 Å². The van der Waals surface area contributed by atoms with E-state index in [0.29, 0.717) is 5.75 Å². The maximum atomic E-state index is 10.6. The van der Waals surface area contributed by atoms with E-state index in [9.17, 15) is 14.4 Å². The van der Waals surface area contributed by atoms with E-state index in [1.54, 1.807) is 6.08 Å². The van der Waals surface area contributed by atoms with Crippen molar-refractivity contribution >= 4 is 29.9 Å². The van der Waals surface area contributed by atoms with Gasteiger partial charge in [-0.2, -0.15) is 11.8 Å². The highest BCUT2D eigenvalue weighted by Crippen LogP contribution is 2.03. The van der Waals surface area contributed by atoms with Gasteiger partial charge in [0.25, 0.3) is 5.91 Å². The van der Waals surface area contributed by atoms with Crippen LogP contribution in [-0.4, -0.2) is 40.8 Å². The molecule has 0 fully saturated rings. The summed E-state index contributed by atoms with van der Waals surface area (Å²) < 4.78 is 0. The van der Waals surface area contributed by atoms with Gasteiger partial charge in [-0.05, 0) is 0 Å². The second-order valence-electron chi connectivity index (χ2n) is 2.34. The molecule has 1 atom stereocenters. The van der Waals surface area contributed by atoms with Crippen molar-refractivity contribution in [3.05, 3.63) is 12.7 Å². The van der Waals surface area contributed by atoms with Crippen molar-refractivity contribution in [3.8, 4) is 0 Å². The van der Waals surface area contributed by atoms with Crippen LogP contribution >= 0.6 is 11.8 Å².